The van der Waals surface area contributed by atoms with Gasteiger partial charge < -0.3 is 10.1 Å². The molecule has 0 radical (unpaired) electrons. The number of H-pyrrole nitrogens is 1. The molecule has 0 bridgehead atoms. The number of halogens is 1. The number of carbonyl (C=O) groups excluding carboxylic acids is 1. The van der Waals surface area contributed by atoms with Crippen LogP contribution < -0.4 is 19.1 Å². The molecule has 3 heterocycles. The van der Waals surface area contributed by atoms with Crippen molar-refractivity contribution in [3.63, 3.8) is 0 Å². The molecular weight excluding hydrogens is 403 g/mol. The number of rotatable bonds is 5. The van der Waals surface area contributed by atoms with E-state index in [1.165, 1.54) is 12.3 Å². The monoisotopic (exact) mass is 420 g/mol. The summed E-state index contributed by atoms with van der Waals surface area (Å²) in [4.78, 5) is 15.9. The van der Waals surface area contributed by atoms with Gasteiger partial charge in [-0.15, -0.1) is 0 Å². The standard InChI is InChI=1S/C17H17FN6O4S/c1-9-3-11(28-2)5-14(21-9)19-6-10-4-13(18)17(16-12(10)7-20-22-16)24-8-15(25)23-29(24,26)27/h3-5,7H,6,8H2,1-2H3,(H,19,21)(H,20,22)(H,23,25). The number of nitrogens with one attached hydrogen (secondary N) is 3. The lowest BCUT2D eigenvalue weighted by molar-refractivity contribution is -0.117. The van der Waals surface area contributed by atoms with Gasteiger partial charge in [0.2, 0.25) is 0 Å². The number of aryl methyl sites for hydroxylation is 1. The van der Waals surface area contributed by atoms with Crippen LogP contribution in [0.5, 0.6) is 5.75 Å². The lowest BCUT2D eigenvalue weighted by Gasteiger charge is -2.17. The predicted molar refractivity (Wildman–Crippen MR) is 103 cm³/mol. The van der Waals surface area contributed by atoms with E-state index in [9.17, 15) is 17.6 Å². The molecule has 1 aromatic carbocycles. The third kappa shape index (κ3) is 3.42. The molecule has 1 amide bonds. The fourth-order valence-electron chi connectivity index (χ4n) is 3.19. The summed E-state index contributed by atoms with van der Waals surface area (Å²) in [5.74, 6) is -0.374. The number of aromatic amines is 1. The molecule has 0 saturated carbocycles. The highest BCUT2D eigenvalue weighted by Gasteiger charge is 2.37. The summed E-state index contributed by atoms with van der Waals surface area (Å²) in [7, 11) is -2.61. The lowest BCUT2D eigenvalue weighted by Crippen LogP contribution is -2.30. The highest BCUT2D eigenvalue weighted by molar-refractivity contribution is 7.92. The molecule has 1 fully saturated rings. The van der Waals surface area contributed by atoms with Crippen LogP contribution in [0.3, 0.4) is 0 Å². The Morgan fingerprint density at radius 3 is 2.83 bits per heavy atom. The molecule has 3 aromatic rings. The van der Waals surface area contributed by atoms with Gasteiger partial charge in [0, 0.05) is 36.0 Å². The molecule has 29 heavy (non-hydrogen) atoms. The smallest absolute Gasteiger partial charge is 0.326 e. The van der Waals surface area contributed by atoms with Crippen LogP contribution in [0.1, 0.15) is 11.3 Å². The Morgan fingerprint density at radius 2 is 2.14 bits per heavy atom. The fourth-order valence-corrected chi connectivity index (χ4v) is 4.35. The maximum Gasteiger partial charge on any atom is 0.326 e. The summed E-state index contributed by atoms with van der Waals surface area (Å²) < 4.78 is 46.9. The Hall–Kier alpha value is -3.41. The van der Waals surface area contributed by atoms with Gasteiger partial charge in [-0.2, -0.15) is 13.5 Å². The van der Waals surface area contributed by atoms with E-state index in [0.717, 1.165) is 5.69 Å². The number of amides is 1. The highest BCUT2D eigenvalue weighted by atomic mass is 32.2. The molecule has 1 aliphatic heterocycles. The van der Waals surface area contributed by atoms with Crippen LogP contribution in [0.25, 0.3) is 10.9 Å². The molecule has 12 heteroatoms. The van der Waals surface area contributed by atoms with Crippen molar-refractivity contribution < 1.29 is 22.3 Å². The number of methoxy groups -OCH3 is 1. The molecule has 0 unspecified atom stereocenters. The lowest BCUT2D eigenvalue weighted by atomic mass is 10.1. The number of fused-ring (bicyclic) bond motifs is 1. The van der Waals surface area contributed by atoms with E-state index in [1.807, 2.05) is 11.6 Å². The molecule has 0 atom stereocenters. The van der Waals surface area contributed by atoms with Crippen molar-refractivity contribution in [2.75, 3.05) is 23.3 Å². The Labute approximate surface area is 165 Å². The summed E-state index contributed by atoms with van der Waals surface area (Å²) >= 11 is 0. The molecule has 152 valence electrons. The average molecular weight is 420 g/mol. The summed E-state index contributed by atoms with van der Waals surface area (Å²) in [6, 6.07) is 4.70. The summed E-state index contributed by atoms with van der Waals surface area (Å²) in [6.07, 6.45) is 1.54. The zero-order valence-corrected chi connectivity index (χ0v) is 16.3. The van der Waals surface area contributed by atoms with Crippen molar-refractivity contribution in [3.05, 3.63) is 41.5 Å². The van der Waals surface area contributed by atoms with Crippen LogP contribution in [-0.2, 0) is 21.5 Å². The number of anilines is 2. The van der Waals surface area contributed by atoms with Crippen LogP contribution in [0.15, 0.2) is 24.4 Å². The van der Waals surface area contributed by atoms with Crippen molar-refractivity contribution >= 4 is 38.5 Å². The Morgan fingerprint density at radius 1 is 1.34 bits per heavy atom. The molecule has 1 saturated heterocycles. The van der Waals surface area contributed by atoms with E-state index in [1.54, 1.807) is 19.2 Å². The second kappa shape index (κ2) is 6.88. The van der Waals surface area contributed by atoms with E-state index >= 15 is 0 Å². The van der Waals surface area contributed by atoms with E-state index < -0.39 is 28.5 Å². The van der Waals surface area contributed by atoms with Gasteiger partial charge in [0.15, 0.2) is 0 Å². The third-order valence-electron chi connectivity index (χ3n) is 4.43. The van der Waals surface area contributed by atoms with E-state index in [4.69, 9.17) is 4.74 Å². The molecule has 1 aliphatic rings. The minimum atomic E-state index is -4.16. The van der Waals surface area contributed by atoms with Gasteiger partial charge in [0.25, 0.3) is 5.91 Å². The van der Waals surface area contributed by atoms with E-state index in [0.29, 0.717) is 26.8 Å². The van der Waals surface area contributed by atoms with Gasteiger partial charge in [0.1, 0.15) is 35.1 Å². The van der Waals surface area contributed by atoms with Gasteiger partial charge in [-0.3, -0.25) is 9.89 Å². The first-order valence-electron chi connectivity index (χ1n) is 8.53. The number of benzene rings is 1. The van der Waals surface area contributed by atoms with Crippen LogP contribution in [0, 0.1) is 12.7 Å². The number of carbonyl (C=O) groups is 1. The average Bonchev–Trinajstić information content (AvgIpc) is 3.23. The minimum Gasteiger partial charge on any atom is -0.497 e. The van der Waals surface area contributed by atoms with Crippen LogP contribution >= 0.6 is 0 Å². The molecule has 2 aromatic heterocycles. The van der Waals surface area contributed by atoms with Crippen molar-refractivity contribution in [3.8, 4) is 5.75 Å². The zero-order valence-electron chi connectivity index (χ0n) is 15.5. The SMILES string of the molecule is COc1cc(C)nc(NCc2cc(F)c(N3CC(=O)NS3(=O)=O)c3n[nH]cc23)c1. The van der Waals surface area contributed by atoms with E-state index in [2.05, 4.69) is 20.5 Å². The van der Waals surface area contributed by atoms with Crippen molar-refractivity contribution in [1.29, 1.82) is 0 Å². The van der Waals surface area contributed by atoms with Crippen molar-refractivity contribution in [2.24, 2.45) is 0 Å². The van der Waals surface area contributed by atoms with Gasteiger partial charge in [-0.05, 0) is 18.6 Å². The second-order valence-electron chi connectivity index (χ2n) is 6.44. The number of pyridine rings is 1. The van der Waals surface area contributed by atoms with Gasteiger partial charge in [-0.25, -0.2) is 18.4 Å². The maximum absolute atomic E-state index is 14.9. The Kier molecular flexibility index (Phi) is 4.49. The van der Waals surface area contributed by atoms with Crippen LogP contribution in [0.2, 0.25) is 0 Å². The third-order valence-corrected chi connectivity index (χ3v) is 5.81. The van der Waals surface area contributed by atoms with Crippen LogP contribution in [0.4, 0.5) is 15.9 Å². The number of hydrogen-bond acceptors (Lipinski definition) is 7. The molecule has 10 nitrogen and oxygen atoms in total. The molecular formula is C17H17FN6O4S. The Bertz CT molecular complexity index is 1230. The molecule has 0 spiro atoms. The predicted octanol–water partition coefficient (Wildman–Crippen LogP) is 1.21. The largest absolute Gasteiger partial charge is 0.497 e. The molecule has 3 N–H and O–H groups in total. The topological polar surface area (TPSA) is 129 Å². The normalized spacial score (nSPS) is 15.6. The number of hydrogen-bond donors (Lipinski definition) is 3. The van der Waals surface area contributed by atoms with Gasteiger partial charge in [0.05, 0.1) is 7.11 Å². The second-order valence-corrected chi connectivity index (χ2v) is 8.03. The molecule has 4 rings (SSSR count). The van der Waals surface area contributed by atoms with E-state index in [-0.39, 0.29) is 17.7 Å². The number of aromatic nitrogens is 3. The molecule has 0 aliphatic carbocycles. The summed E-state index contributed by atoms with van der Waals surface area (Å²) in [5.41, 5.74) is 1.11. The maximum atomic E-state index is 14.9. The van der Waals surface area contributed by atoms with Gasteiger partial charge >= 0.3 is 10.2 Å². The van der Waals surface area contributed by atoms with Gasteiger partial charge in [-0.1, -0.05) is 0 Å². The highest BCUT2D eigenvalue weighted by Crippen LogP contribution is 2.34. The first kappa shape index (κ1) is 18.9. The number of ether oxygens (including phenoxy) is 1. The first-order chi connectivity index (χ1) is 13.8. The fraction of sp³-hybridized carbons (Fsp3) is 0.235. The minimum absolute atomic E-state index is 0.108. The van der Waals surface area contributed by atoms with Crippen molar-refractivity contribution in [2.45, 2.75) is 13.5 Å². The first-order valence-corrected chi connectivity index (χ1v) is 9.97. The van der Waals surface area contributed by atoms with Crippen LogP contribution in [-0.4, -0.2) is 43.2 Å². The summed E-state index contributed by atoms with van der Waals surface area (Å²) in [5, 5.41) is 10.2. The summed E-state index contributed by atoms with van der Waals surface area (Å²) in [6.45, 7) is 1.52. The zero-order chi connectivity index (χ0) is 20.8. The quantitative estimate of drug-likeness (QED) is 0.566. The number of nitrogens with zero attached hydrogens (tertiary/aromatic N) is 3. The van der Waals surface area contributed by atoms with Crippen molar-refractivity contribution in [1.82, 2.24) is 19.9 Å². The Balaban J connectivity index is 1.71.